The average Bonchev–Trinajstić information content (AvgIpc) is 3.15. The van der Waals surface area contributed by atoms with Gasteiger partial charge in [0, 0.05) is 43.2 Å². The van der Waals surface area contributed by atoms with Crippen LogP contribution < -0.4 is 10.1 Å². The van der Waals surface area contributed by atoms with Crippen LogP contribution in [-0.4, -0.2) is 49.1 Å². The first-order valence-electron chi connectivity index (χ1n) is 9.01. The van der Waals surface area contributed by atoms with Crippen molar-refractivity contribution in [2.75, 3.05) is 33.3 Å². The van der Waals surface area contributed by atoms with E-state index in [0.717, 1.165) is 49.6 Å². The summed E-state index contributed by atoms with van der Waals surface area (Å²) in [6, 6.07) is 10.2. The number of carbonyl (C=O) groups excluding carboxylic acids is 1. The Kier molecular flexibility index (Phi) is 6.16. The largest absolute Gasteiger partial charge is 0.496 e. The van der Waals surface area contributed by atoms with Crippen molar-refractivity contribution in [1.29, 1.82) is 0 Å². The second-order valence-electron chi connectivity index (χ2n) is 6.76. The number of thiophene rings is 1. The maximum absolute atomic E-state index is 12.6. The Morgan fingerprint density at radius 3 is 2.69 bits per heavy atom. The molecule has 3 rings (SSSR count). The molecule has 1 aliphatic rings. The van der Waals surface area contributed by atoms with Gasteiger partial charge < -0.3 is 15.0 Å². The zero-order valence-electron chi connectivity index (χ0n) is 15.7. The van der Waals surface area contributed by atoms with E-state index in [-0.39, 0.29) is 12.1 Å². The number of nitrogens with zero attached hydrogens (tertiary/aromatic N) is 2. The van der Waals surface area contributed by atoms with E-state index in [1.165, 1.54) is 4.88 Å². The number of benzene rings is 1. The van der Waals surface area contributed by atoms with Crippen LogP contribution in [0, 0.1) is 6.92 Å². The molecule has 2 aromatic rings. The lowest BCUT2D eigenvalue weighted by molar-refractivity contribution is 0.134. The minimum absolute atomic E-state index is 0.00293. The molecule has 0 saturated carbocycles. The summed E-state index contributed by atoms with van der Waals surface area (Å²) in [5.41, 5.74) is 2.17. The fourth-order valence-corrected chi connectivity index (χ4v) is 4.02. The van der Waals surface area contributed by atoms with Crippen LogP contribution in [0.15, 0.2) is 35.7 Å². The Morgan fingerprint density at radius 1 is 1.27 bits per heavy atom. The quantitative estimate of drug-likeness (QED) is 0.870. The number of hydrogen-bond donors (Lipinski definition) is 1. The summed E-state index contributed by atoms with van der Waals surface area (Å²) < 4.78 is 5.44. The molecule has 1 aliphatic heterocycles. The molecule has 0 radical (unpaired) electrons. The molecule has 1 fully saturated rings. The Hall–Kier alpha value is -2.05. The standard InChI is InChI=1S/C20H27N3O2S/c1-15-6-7-19(25-3)18(13-15)16(2)21-20(24)23-10-8-22(9-11-23)14-17-5-4-12-26-17/h4-7,12-13,16H,8-11,14H2,1-3H3,(H,21,24). The number of piperazine rings is 1. The van der Waals surface area contributed by atoms with Crippen LogP contribution >= 0.6 is 11.3 Å². The molecule has 26 heavy (non-hydrogen) atoms. The van der Waals surface area contributed by atoms with Crippen molar-refractivity contribution in [3.63, 3.8) is 0 Å². The normalized spacial score (nSPS) is 16.3. The van der Waals surface area contributed by atoms with E-state index in [0.29, 0.717) is 0 Å². The van der Waals surface area contributed by atoms with Crippen LogP contribution in [-0.2, 0) is 6.54 Å². The first kappa shape index (κ1) is 18.7. The van der Waals surface area contributed by atoms with Crippen LogP contribution in [0.1, 0.15) is 29.0 Å². The molecule has 6 heteroatoms. The third-order valence-electron chi connectivity index (χ3n) is 4.81. The Morgan fingerprint density at radius 2 is 2.04 bits per heavy atom. The van der Waals surface area contributed by atoms with E-state index < -0.39 is 0 Å². The van der Waals surface area contributed by atoms with Crippen molar-refractivity contribution in [3.8, 4) is 5.75 Å². The molecule has 0 bridgehead atoms. The van der Waals surface area contributed by atoms with Gasteiger partial charge in [0.15, 0.2) is 0 Å². The topological polar surface area (TPSA) is 44.8 Å². The van der Waals surface area contributed by atoms with Gasteiger partial charge in [-0.05, 0) is 31.4 Å². The second kappa shape index (κ2) is 8.56. The van der Waals surface area contributed by atoms with E-state index in [1.807, 2.05) is 30.9 Å². The summed E-state index contributed by atoms with van der Waals surface area (Å²) in [6.07, 6.45) is 0. The fourth-order valence-electron chi connectivity index (χ4n) is 3.28. The predicted molar refractivity (Wildman–Crippen MR) is 106 cm³/mol. The molecule has 140 valence electrons. The predicted octanol–water partition coefficient (Wildman–Crippen LogP) is 3.65. The smallest absolute Gasteiger partial charge is 0.317 e. The number of nitrogens with one attached hydrogen (secondary N) is 1. The van der Waals surface area contributed by atoms with Gasteiger partial charge in [-0.25, -0.2) is 4.79 Å². The van der Waals surface area contributed by atoms with Gasteiger partial charge in [0.2, 0.25) is 0 Å². The van der Waals surface area contributed by atoms with Gasteiger partial charge in [-0.15, -0.1) is 11.3 Å². The van der Waals surface area contributed by atoms with Crippen LogP contribution in [0.5, 0.6) is 5.75 Å². The van der Waals surface area contributed by atoms with Crippen molar-refractivity contribution in [1.82, 2.24) is 15.1 Å². The van der Waals surface area contributed by atoms with Crippen molar-refractivity contribution in [3.05, 3.63) is 51.7 Å². The van der Waals surface area contributed by atoms with E-state index in [2.05, 4.69) is 33.8 Å². The maximum atomic E-state index is 12.6. The van der Waals surface area contributed by atoms with Gasteiger partial charge in [-0.3, -0.25) is 4.90 Å². The van der Waals surface area contributed by atoms with E-state index >= 15 is 0 Å². The lowest BCUT2D eigenvalue weighted by atomic mass is 10.0. The number of rotatable bonds is 5. The highest BCUT2D eigenvalue weighted by atomic mass is 32.1. The van der Waals surface area contributed by atoms with Crippen molar-refractivity contribution < 1.29 is 9.53 Å². The third kappa shape index (κ3) is 4.56. The minimum Gasteiger partial charge on any atom is -0.496 e. The summed E-state index contributed by atoms with van der Waals surface area (Å²) in [6.45, 7) is 8.36. The van der Waals surface area contributed by atoms with Crippen LogP contribution in [0.2, 0.25) is 0 Å². The van der Waals surface area contributed by atoms with Crippen molar-refractivity contribution in [2.24, 2.45) is 0 Å². The summed E-state index contributed by atoms with van der Waals surface area (Å²) >= 11 is 1.79. The van der Waals surface area contributed by atoms with Crippen LogP contribution in [0.3, 0.4) is 0 Å². The lowest BCUT2D eigenvalue weighted by Gasteiger charge is -2.35. The van der Waals surface area contributed by atoms with Crippen LogP contribution in [0.25, 0.3) is 0 Å². The molecule has 1 unspecified atom stereocenters. The Balaban J connectivity index is 1.53. The van der Waals surface area contributed by atoms with Crippen molar-refractivity contribution in [2.45, 2.75) is 26.4 Å². The molecular formula is C20H27N3O2S. The maximum Gasteiger partial charge on any atom is 0.317 e. The zero-order chi connectivity index (χ0) is 18.5. The van der Waals surface area contributed by atoms with Gasteiger partial charge >= 0.3 is 6.03 Å². The summed E-state index contributed by atoms with van der Waals surface area (Å²) in [5, 5.41) is 5.23. The van der Waals surface area contributed by atoms with Crippen LogP contribution in [0.4, 0.5) is 4.79 Å². The Labute approximate surface area is 159 Å². The average molecular weight is 374 g/mol. The number of carbonyl (C=O) groups is 1. The number of aryl methyl sites for hydroxylation is 1. The zero-order valence-corrected chi connectivity index (χ0v) is 16.5. The number of urea groups is 1. The molecule has 0 aliphatic carbocycles. The fraction of sp³-hybridized carbons (Fsp3) is 0.450. The molecule has 1 saturated heterocycles. The molecule has 5 nitrogen and oxygen atoms in total. The summed E-state index contributed by atoms with van der Waals surface area (Å²) in [5.74, 6) is 0.809. The molecule has 1 N–H and O–H groups in total. The molecule has 2 heterocycles. The highest BCUT2D eigenvalue weighted by molar-refractivity contribution is 7.09. The first-order chi connectivity index (χ1) is 12.6. The summed E-state index contributed by atoms with van der Waals surface area (Å²) in [7, 11) is 1.66. The van der Waals surface area contributed by atoms with Crippen molar-refractivity contribution >= 4 is 17.4 Å². The van der Waals surface area contributed by atoms with Gasteiger partial charge in [-0.1, -0.05) is 23.8 Å². The highest BCUT2D eigenvalue weighted by Crippen LogP contribution is 2.26. The second-order valence-corrected chi connectivity index (χ2v) is 7.79. The van der Waals surface area contributed by atoms with Gasteiger partial charge in [0.25, 0.3) is 0 Å². The van der Waals surface area contributed by atoms with Gasteiger partial charge in [0.1, 0.15) is 5.75 Å². The van der Waals surface area contributed by atoms with E-state index in [9.17, 15) is 4.79 Å². The molecule has 1 atom stereocenters. The lowest BCUT2D eigenvalue weighted by Crippen LogP contribution is -2.51. The van der Waals surface area contributed by atoms with Gasteiger partial charge in [-0.2, -0.15) is 0 Å². The van der Waals surface area contributed by atoms with E-state index in [1.54, 1.807) is 18.4 Å². The third-order valence-corrected chi connectivity index (χ3v) is 5.67. The highest BCUT2D eigenvalue weighted by Gasteiger charge is 2.23. The monoisotopic (exact) mass is 373 g/mol. The first-order valence-corrected chi connectivity index (χ1v) is 9.89. The SMILES string of the molecule is COc1ccc(C)cc1C(C)NC(=O)N1CCN(Cc2cccs2)CC1. The number of hydrogen-bond acceptors (Lipinski definition) is 4. The van der Waals surface area contributed by atoms with E-state index in [4.69, 9.17) is 4.74 Å². The summed E-state index contributed by atoms with van der Waals surface area (Å²) in [4.78, 5) is 18.3. The Bertz CT molecular complexity index is 725. The van der Waals surface area contributed by atoms with Gasteiger partial charge in [0.05, 0.1) is 13.2 Å². The number of amides is 2. The number of ether oxygens (including phenoxy) is 1. The molecule has 2 amide bonds. The minimum atomic E-state index is -0.0958. The molecule has 1 aromatic heterocycles. The molecule has 0 spiro atoms. The molecule has 1 aromatic carbocycles. The molecular weight excluding hydrogens is 346 g/mol. The number of methoxy groups -OCH3 is 1.